The molecular weight excluding hydrogens is 410 g/mol. The van der Waals surface area contributed by atoms with E-state index in [1.165, 1.54) is 0 Å². The summed E-state index contributed by atoms with van der Waals surface area (Å²) in [5, 5.41) is 22.5. The van der Waals surface area contributed by atoms with Gasteiger partial charge in [-0.2, -0.15) is 5.26 Å². The van der Waals surface area contributed by atoms with Gasteiger partial charge in [0, 0.05) is 35.9 Å². The molecule has 3 aliphatic rings. The maximum Gasteiger partial charge on any atom is 0.131 e. The number of hydrogen-bond donors (Lipinski definition) is 1. The molecule has 3 aromatic rings. The van der Waals surface area contributed by atoms with Gasteiger partial charge in [0.1, 0.15) is 24.4 Å². The van der Waals surface area contributed by atoms with Crippen LogP contribution in [0.25, 0.3) is 10.9 Å². The summed E-state index contributed by atoms with van der Waals surface area (Å²) in [4.78, 5) is 4.50. The number of ether oxygens (including phenoxy) is 1. The first kappa shape index (κ1) is 21.6. The van der Waals surface area contributed by atoms with Crippen LogP contribution in [0.3, 0.4) is 0 Å². The molecule has 1 N–H and O–H groups in total. The maximum absolute atomic E-state index is 11.9. The second-order valence-electron chi connectivity index (χ2n) is 9.53. The zero-order valence-electron chi connectivity index (χ0n) is 19.0. The highest BCUT2D eigenvalue weighted by Gasteiger charge is 2.54. The molecule has 6 rings (SSSR count). The Bertz CT molecular complexity index is 1230. The van der Waals surface area contributed by atoms with Gasteiger partial charge in [0.05, 0.1) is 37.3 Å². The van der Waals surface area contributed by atoms with E-state index in [4.69, 9.17) is 4.74 Å². The minimum atomic E-state index is -0.634. The summed E-state index contributed by atoms with van der Waals surface area (Å²) in [7, 11) is 1.65. The van der Waals surface area contributed by atoms with E-state index in [0.29, 0.717) is 11.8 Å². The van der Waals surface area contributed by atoms with Gasteiger partial charge in [0.25, 0.3) is 0 Å². The summed E-state index contributed by atoms with van der Waals surface area (Å²) in [6.07, 6.45) is 5.32. The second kappa shape index (κ2) is 8.62. The first-order valence-electron chi connectivity index (χ1n) is 11.7. The zero-order valence-corrected chi connectivity index (χ0v) is 19.0. The van der Waals surface area contributed by atoms with Crippen LogP contribution < -0.4 is 4.74 Å². The number of benzene rings is 2. The number of aromatic nitrogens is 1. The minimum Gasteiger partial charge on any atom is -0.497 e. The SMILES string of the molecule is C=C[C@H]1C[N@+]2(Cc3ccccc3C#N)CC[C@H]1C[C@H]2[C@H](O)c1ccnc2ccc(OC)cc12. The Labute approximate surface area is 195 Å². The molecule has 4 heterocycles. The number of nitriles is 1. The van der Waals surface area contributed by atoms with Crippen molar-refractivity contribution in [3.63, 3.8) is 0 Å². The minimum absolute atomic E-state index is 0.0449. The average Bonchev–Trinajstić information content (AvgIpc) is 2.87. The van der Waals surface area contributed by atoms with Crippen LogP contribution in [-0.4, -0.2) is 40.8 Å². The predicted octanol–water partition coefficient (Wildman–Crippen LogP) is 4.76. The summed E-state index contributed by atoms with van der Waals surface area (Å²) in [6.45, 7) is 6.81. The molecule has 5 heteroatoms. The first-order valence-corrected chi connectivity index (χ1v) is 11.7. The molecule has 0 saturated carbocycles. The monoisotopic (exact) mass is 440 g/mol. The highest BCUT2D eigenvalue weighted by atomic mass is 16.5. The third-order valence-electron chi connectivity index (χ3n) is 7.96. The summed E-state index contributed by atoms with van der Waals surface area (Å²) < 4.78 is 6.23. The third-order valence-corrected chi connectivity index (χ3v) is 7.96. The van der Waals surface area contributed by atoms with Crippen molar-refractivity contribution in [1.29, 1.82) is 5.26 Å². The number of methoxy groups -OCH3 is 1. The smallest absolute Gasteiger partial charge is 0.131 e. The van der Waals surface area contributed by atoms with Gasteiger partial charge in [-0.05, 0) is 41.8 Å². The highest BCUT2D eigenvalue weighted by Crippen LogP contribution is 2.48. The lowest BCUT2D eigenvalue weighted by Crippen LogP contribution is -2.67. The van der Waals surface area contributed by atoms with Crippen molar-refractivity contribution < 1.29 is 14.3 Å². The Balaban J connectivity index is 1.58. The standard InChI is InChI=1S/C28H30N3O2/c1-3-19-17-31(18-22-7-5-4-6-21(22)16-29)13-11-20(19)14-27(31)28(32)24-10-12-30-26-9-8-23(33-2)15-25(24)26/h3-10,12,15,19-20,27-28,32H,1,11,13-14,17-18H2,2H3/q+1/t19-,20-,27-,28+,31-/m0/s1. The normalized spacial score (nSPS) is 27.1. The van der Waals surface area contributed by atoms with Crippen LogP contribution in [0, 0.1) is 23.2 Å². The third kappa shape index (κ3) is 3.70. The molecule has 3 aliphatic heterocycles. The topological polar surface area (TPSA) is 66.1 Å². The van der Waals surface area contributed by atoms with E-state index in [9.17, 15) is 10.4 Å². The van der Waals surface area contributed by atoms with Gasteiger partial charge in [0.2, 0.25) is 0 Å². The number of fused-ring (bicyclic) bond motifs is 4. The van der Waals surface area contributed by atoms with Crippen molar-refractivity contribution in [2.75, 3.05) is 20.2 Å². The molecule has 5 atom stereocenters. The van der Waals surface area contributed by atoms with E-state index in [-0.39, 0.29) is 6.04 Å². The maximum atomic E-state index is 11.9. The molecule has 0 unspecified atom stereocenters. The van der Waals surface area contributed by atoms with Crippen LogP contribution >= 0.6 is 0 Å². The Kier molecular flexibility index (Phi) is 5.65. The van der Waals surface area contributed by atoms with Gasteiger partial charge in [-0.15, -0.1) is 6.58 Å². The van der Waals surface area contributed by atoms with Crippen LogP contribution in [0.1, 0.15) is 35.6 Å². The van der Waals surface area contributed by atoms with Crippen LogP contribution in [0.15, 0.2) is 67.4 Å². The number of hydrogen-bond acceptors (Lipinski definition) is 4. The lowest BCUT2D eigenvalue weighted by molar-refractivity contribution is -0.985. The molecule has 168 valence electrons. The van der Waals surface area contributed by atoms with E-state index >= 15 is 0 Å². The van der Waals surface area contributed by atoms with Crippen molar-refractivity contribution in [2.45, 2.75) is 31.5 Å². The molecule has 3 saturated heterocycles. The van der Waals surface area contributed by atoms with Gasteiger partial charge in [-0.3, -0.25) is 4.98 Å². The summed E-state index contributed by atoms with van der Waals surface area (Å²) >= 11 is 0. The van der Waals surface area contributed by atoms with Crippen LogP contribution in [0.2, 0.25) is 0 Å². The molecule has 0 radical (unpaired) electrons. The Hall–Kier alpha value is -3.20. The van der Waals surface area contributed by atoms with Crippen molar-refractivity contribution in [3.8, 4) is 11.8 Å². The van der Waals surface area contributed by atoms with Crippen molar-refractivity contribution >= 4 is 10.9 Å². The number of piperidine rings is 3. The Morgan fingerprint density at radius 2 is 2.15 bits per heavy atom. The fourth-order valence-electron chi connectivity index (χ4n) is 6.23. The molecular formula is C28H30N3O2+. The van der Waals surface area contributed by atoms with Crippen molar-refractivity contribution in [2.24, 2.45) is 11.8 Å². The summed E-state index contributed by atoms with van der Waals surface area (Å²) in [6, 6.07) is 18.0. The van der Waals surface area contributed by atoms with E-state index < -0.39 is 6.10 Å². The fraction of sp³-hybridized carbons (Fsp3) is 0.357. The molecule has 0 aliphatic carbocycles. The van der Waals surface area contributed by atoms with E-state index in [1.54, 1.807) is 13.3 Å². The molecule has 0 spiro atoms. The van der Waals surface area contributed by atoms with Gasteiger partial charge in [-0.25, -0.2) is 0 Å². The number of aliphatic hydroxyl groups is 1. The Morgan fingerprint density at radius 1 is 1.30 bits per heavy atom. The fourth-order valence-corrected chi connectivity index (χ4v) is 6.23. The largest absolute Gasteiger partial charge is 0.497 e. The average molecular weight is 441 g/mol. The first-order chi connectivity index (χ1) is 16.1. The van der Waals surface area contributed by atoms with Crippen LogP contribution in [0.4, 0.5) is 0 Å². The second-order valence-corrected chi connectivity index (χ2v) is 9.53. The van der Waals surface area contributed by atoms with E-state index in [1.807, 2.05) is 42.5 Å². The number of nitrogens with zero attached hydrogens (tertiary/aromatic N) is 3. The van der Waals surface area contributed by atoms with E-state index in [2.05, 4.69) is 29.8 Å². The van der Waals surface area contributed by atoms with Gasteiger partial charge in [-0.1, -0.05) is 24.3 Å². The van der Waals surface area contributed by atoms with Crippen LogP contribution in [0.5, 0.6) is 5.75 Å². The molecule has 2 bridgehead atoms. The molecule has 2 aromatic carbocycles. The van der Waals surface area contributed by atoms with Crippen molar-refractivity contribution in [3.05, 3.63) is 84.1 Å². The number of aliphatic hydroxyl groups excluding tert-OH is 1. The molecule has 5 nitrogen and oxygen atoms in total. The van der Waals surface area contributed by atoms with E-state index in [0.717, 1.165) is 70.3 Å². The predicted molar refractivity (Wildman–Crippen MR) is 128 cm³/mol. The molecule has 33 heavy (non-hydrogen) atoms. The lowest BCUT2D eigenvalue weighted by atomic mass is 9.71. The molecule has 1 aromatic heterocycles. The summed E-state index contributed by atoms with van der Waals surface area (Å²) in [5.41, 5.74) is 3.54. The number of pyridine rings is 1. The zero-order chi connectivity index (χ0) is 23.0. The highest BCUT2D eigenvalue weighted by molar-refractivity contribution is 5.83. The number of rotatable bonds is 6. The summed E-state index contributed by atoms with van der Waals surface area (Å²) in [5.74, 6) is 1.73. The van der Waals surface area contributed by atoms with Gasteiger partial charge in [0.15, 0.2) is 0 Å². The Morgan fingerprint density at radius 3 is 2.94 bits per heavy atom. The number of quaternary nitrogens is 1. The van der Waals surface area contributed by atoms with Gasteiger partial charge < -0.3 is 14.3 Å². The van der Waals surface area contributed by atoms with Gasteiger partial charge >= 0.3 is 0 Å². The van der Waals surface area contributed by atoms with Crippen LogP contribution in [-0.2, 0) is 6.54 Å². The lowest BCUT2D eigenvalue weighted by Gasteiger charge is -2.58. The quantitative estimate of drug-likeness (QED) is 0.443. The molecule has 0 amide bonds. The van der Waals surface area contributed by atoms with Crippen molar-refractivity contribution in [1.82, 2.24) is 4.98 Å². The molecule has 3 fully saturated rings.